The third kappa shape index (κ3) is 3.91. The highest BCUT2D eigenvalue weighted by atomic mass is 35.5. The van der Waals surface area contributed by atoms with Crippen molar-refractivity contribution in [2.24, 2.45) is 0 Å². The first-order chi connectivity index (χ1) is 11.9. The fraction of sp³-hybridized carbons (Fsp3) is 0.222. The Balaban J connectivity index is 1.67. The molecule has 0 aliphatic carbocycles. The van der Waals surface area contributed by atoms with Crippen molar-refractivity contribution in [2.75, 3.05) is 18.1 Å². The molecule has 5 nitrogen and oxygen atoms in total. The van der Waals surface area contributed by atoms with E-state index in [0.717, 1.165) is 5.56 Å². The second kappa shape index (κ2) is 7.11. The number of benzene rings is 2. The minimum atomic E-state index is -0.439. The maximum Gasteiger partial charge on any atom is 0.265 e. The maximum atomic E-state index is 13.0. The Morgan fingerprint density at radius 3 is 2.88 bits per heavy atom. The van der Waals surface area contributed by atoms with Gasteiger partial charge in [-0.1, -0.05) is 23.7 Å². The number of fused-ring (bicyclic) bond motifs is 1. The van der Waals surface area contributed by atoms with Crippen LogP contribution in [0, 0.1) is 12.7 Å². The predicted molar refractivity (Wildman–Crippen MR) is 92.3 cm³/mol. The summed E-state index contributed by atoms with van der Waals surface area (Å²) in [5.41, 5.74) is 2.17. The Kier molecular flexibility index (Phi) is 4.90. The average Bonchev–Trinajstić information content (AvgIpc) is 2.56. The van der Waals surface area contributed by atoms with Gasteiger partial charge in [-0.15, -0.1) is 0 Å². The lowest BCUT2D eigenvalue weighted by atomic mass is 10.1. The van der Waals surface area contributed by atoms with E-state index >= 15 is 0 Å². The van der Waals surface area contributed by atoms with Gasteiger partial charge in [0.25, 0.3) is 5.91 Å². The molecule has 0 atom stereocenters. The van der Waals surface area contributed by atoms with Crippen LogP contribution in [0.3, 0.4) is 0 Å². The molecule has 0 bridgehead atoms. The van der Waals surface area contributed by atoms with Gasteiger partial charge in [-0.3, -0.25) is 14.5 Å². The van der Waals surface area contributed by atoms with Gasteiger partial charge in [0.1, 0.15) is 18.1 Å². The number of hydrogen-bond donors (Lipinski definition) is 1. The molecule has 25 heavy (non-hydrogen) atoms. The first-order valence-corrected chi connectivity index (χ1v) is 8.06. The minimum absolute atomic E-state index is 0.104. The van der Waals surface area contributed by atoms with Crippen LogP contribution in [0.25, 0.3) is 0 Å². The lowest BCUT2D eigenvalue weighted by Crippen LogP contribution is -2.45. The van der Waals surface area contributed by atoms with Gasteiger partial charge in [0.15, 0.2) is 6.61 Å². The van der Waals surface area contributed by atoms with E-state index in [9.17, 15) is 14.0 Å². The molecule has 1 heterocycles. The molecule has 0 spiro atoms. The summed E-state index contributed by atoms with van der Waals surface area (Å²) in [6.07, 6.45) is 0. The van der Waals surface area contributed by atoms with E-state index in [1.165, 1.54) is 23.1 Å². The van der Waals surface area contributed by atoms with E-state index in [4.69, 9.17) is 16.3 Å². The summed E-state index contributed by atoms with van der Waals surface area (Å²) in [7, 11) is 0. The zero-order valence-electron chi connectivity index (χ0n) is 13.5. The van der Waals surface area contributed by atoms with Crippen LogP contribution in [0.5, 0.6) is 5.75 Å². The average molecular weight is 363 g/mol. The number of amides is 2. The molecular formula is C18H16ClFN2O3. The Bertz CT molecular complexity index is 841. The van der Waals surface area contributed by atoms with Crippen molar-refractivity contribution in [3.05, 3.63) is 58.4 Å². The molecule has 0 aromatic heterocycles. The van der Waals surface area contributed by atoms with Crippen molar-refractivity contribution >= 4 is 29.1 Å². The molecular weight excluding hydrogens is 347 g/mol. The van der Waals surface area contributed by atoms with Crippen LogP contribution in [0.15, 0.2) is 36.4 Å². The molecule has 1 aliphatic rings. The number of rotatable bonds is 4. The lowest BCUT2D eigenvalue weighted by molar-refractivity contribution is -0.125. The summed E-state index contributed by atoms with van der Waals surface area (Å²) >= 11 is 5.94. The van der Waals surface area contributed by atoms with Gasteiger partial charge in [-0.25, -0.2) is 4.39 Å². The number of ether oxygens (including phenoxy) is 1. The van der Waals surface area contributed by atoms with E-state index in [2.05, 4.69) is 5.32 Å². The Labute approximate surface area is 149 Å². The summed E-state index contributed by atoms with van der Waals surface area (Å²) in [6, 6.07) is 9.40. The topological polar surface area (TPSA) is 58.6 Å². The summed E-state index contributed by atoms with van der Waals surface area (Å²) in [5.74, 6) is -0.492. The van der Waals surface area contributed by atoms with Crippen molar-refractivity contribution in [3.8, 4) is 5.75 Å². The molecule has 0 radical (unpaired) electrons. The normalized spacial score (nSPS) is 13.2. The first-order valence-electron chi connectivity index (χ1n) is 7.68. The molecule has 2 aromatic rings. The van der Waals surface area contributed by atoms with E-state index in [0.29, 0.717) is 17.0 Å². The van der Waals surface area contributed by atoms with Crippen molar-refractivity contribution in [2.45, 2.75) is 13.5 Å². The summed E-state index contributed by atoms with van der Waals surface area (Å²) in [4.78, 5) is 25.7. The number of nitrogens with one attached hydrogen (secondary N) is 1. The Morgan fingerprint density at radius 2 is 2.12 bits per heavy atom. The molecule has 0 fully saturated rings. The van der Waals surface area contributed by atoms with E-state index in [1.807, 2.05) is 19.1 Å². The number of halogens is 2. The standard InChI is InChI=1S/C18H16ClFN2O3/c1-11-2-5-15-16(6-11)25-10-18(24)22(15)9-17(23)21-8-12-3-4-13(20)7-14(12)19/h2-7H,8-10H2,1H3,(H,21,23). The maximum absolute atomic E-state index is 13.0. The van der Waals surface area contributed by atoms with Crippen molar-refractivity contribution in [3.63, 3.8) is 0 Å². The predicted octanol–water partition coefficient (Wildman–Crippen LogP) is 2.83. The quantitative estimate of drug-likeness (QED) is 0.909. The third-order valence-electron chi connectivity index (χ3n) is 3.85. The Morgan fingerprint density at radius 1 is 1.32 bits per heavy atom. The zero-order valence-corrected chi connectivity index (χ0v) is 14.3. The van der Waals surface area contributed by atoms with Crippen LogP contribution in [0.4, 0.5) is 10.1 Å². The molecule has 0 saturated heterocycles. The molecule has 0 saturated carbocycles. The second-order valence-electron chi connectivity index (χ2n) is 5.75. The van der Waals surface area contributed by atoms with Gasteiger partial charge in [0, 0.05) is 11.6 Å². The van der Waals surface area contributed by atoms with Crippen LogP contribution < -0.4 is 15.0 Å². The van der Waals surface area contributed by atoms with Crippen LogP contribution in [-0.4, -0.2) is 25.0 Å². The van der Waals surface area contributed by atoms with E-state index in [1.54, 1.807) is 6.07 Å². The minimum Gasteiger partial charge on any atom is -0.482 e. The smallest absolute Gasteiger partial charge is 0.265 e. The van der Waals surface area contributed by atoms with Gasteiger partial charge in [0.2, 0.25) is 5.91 Å². The highest BCUT2D eigenvalue weighted by molar-refractivity contribution is 6.31. The van der Waals surface area contributed by atoms with Crippen LogP contribution in [0.1, 0.15) is 11.1 Å². The molecule has 0 unspecified atom stereocenters. The SMILES string of the molecule is Cc1ccc2c(c1)OCC(=O)N2CC(=O)NCc1ccc(F)cc1Cl. The number of aryl methyl sites for hydroxylation is 1. The molecule has 1 N–H and O–H groups in total. The van der Waals surface area contributed by atoms with Crippen molar-refractivity contribution in [1.29, 1.82) is 0 Å². The molecule has 2 aromatic carbocycles. The Hall–Kier alpha value is -2.60. The van der Waals surface area contributed by atoms with Crippen LogP contribution in [0.2, 0.25) is 5.02 Å². The van der Waals surface area contributed by atoms with Gasteiger partial charge in [0.05, 0.1) is 5.69 Å². The molecule has 2 amide bonds. The number of anilines is 1. The largest absolute Gasteiger partial charge is 0.482 e. The highest BCUT2D eigenvalue weighted by Gasteiger charge is 2.27. The van der Waals surface area contributed by atoms with Crippen molar-refractivity contribution < 1.29 is 18.7 Å². The second-order valence-corrected chi connectivity index (χ2v) is 6.16. The molecule has 130 valence electrons. The van der Waals surface area contributed by atoms with Crippen LogP contribution >= 0.6 is 11.6 Å². The molecule has 1 aliphatic heterocycles. The zero-order chi connectivity index (χ0) is 18.0. The summed E-state index contributed by atoms with van der Waals surface area (Å²) in [5, 5.41) is 2.93. The monoisotopic (exact) mass is 362 g/mol. The van der Waals surface area contributed by atoms with Crippen molar-refractivity contribution in [1.82, 2.24) is 5.32 Å². The number of carbonyl (C=O) groups is 2. The van der Waals surface area contributed by atoms with Gasteiger partial charge in [-0.05, 0) is 42.3 Å². The fourth-order valence-corrected chi connectivity index (χ4v) is 2.78. The fourth-order valence-electron chi connectivity index (χ4n) is 2.54. The van der Waals surface area contributed by atoms with Crippen LogP contribution in [-0.2, 0) is 16.1 Å². The molecule has 3 rings (SSSR count). The van der Waals surface area contributed by atoms with Gasteiger partial charge < -0.3 is 10.1 Å². The third-order valence-corrected chi connectivity index (χ3v) is 4.20. The van der Waals surface area contributed by atoms with Gasteiger partial charge >= 0.3 is 0 Å². The number of hydrogen-bond acceptors (Lipinski definition) is 3. The van der Waals surface area contributed by atoms with E-state index in [-0.39, 0.29) is 36.5 Å². The number of nitrogens with zero attached hydrogens (tertiary/aromatic N) is 1. The molecule has 7 heteroatoms. The number of carbonyl (C=O) groups excluding carboxylic acids is 2. The summed E-state index contributed by atoms with van der Waals surface area (Å²) in [6.45, 7) is 1.84. The summed E-state index contributed by atoms with van der Waals surface area (Å²) < 4.78 is 18.4. The first kappa shape index (κ1) is 17.2. The highest BCUT2D eigenvalue weighted by Crippen LogP contribution is 2.32. The van der Waals surface area contributed by atoms with E-state index < -0.39 is 5.82 Å². The van der Waals surface area contributed by atoms with Gasteiger partial charge in [-0.2, -0.15) is 0 Å². The lowest BCUT2D eigenvalue weighted by Gasteiger charge is -2.29.